The first-order valence-electron chi connectivity index (χ1n) is 8.84. The second-order valence-electron chi connectivity index (χ2n) is 6.09. The third-order valence-electron chi connectivity index (χ3n) is 4.18. The highest BCUT2D eigenvalue weighted by Gasteiger charge is 2.14. The molecule has 0 radical (unpaired) electrons. The third-order valence-corrected chi connectivity index (χ3v) is 5.92. The summed E-state index contributed by atoms with van der Waals surface area (Å²) in [6.45, 7) is 2.53. The zero-order valence-electron chi connectivity index (χ0n) is 15.1. The fourth-order valence-electron chi connectivity index (χ4n) is 2.85. The largest absolute Gasteiger partial charge is 0.494 e. The summed E-state index contributed by atoms with van der Waals surface area (Å²) in [7, 11) is 0. The van der Waals surface area contributed by atoms with Gasteiger partial charge in [0.15, 0.2) is 0 Å². The van der Waals surface area contributed by atoms with Crippen LogP contribution in [0.25, 0.3) is 20.8 Å². The standard InChI is InChI=1S/C22H17IN2O2S/c1-2-27-16-10-7-14(8-11-16)21(26)24-18-12-9-15(23)13-17(18)22-25-19-5-3-4-6-20(19)28-22/h3-13H,2H2,1H3,(H,24,26). The van der Waals surface area contributed by atoms with Gasteiger partial charge in [-0.25, -0.2) is 4.98 Å². The Hall–Kier alpha value is -2.45. The van der Waals surface area contributed by atoms with E-state index in [1.165, 1.54) is 0 Å². The smallest absolute Gasteiger partial charge is 0.255 e. The molecule has 0 aliphatic carbocycles. The van der Waals surface area contributed by atoms with E-state index in [0.717, 1.165) is 35.8 Å². The molecule has 0 aliphatic rings. The predicted octanol–water partition coefficient (Wildman–Crippen LogP) is 6.22. The van der Waals surface area contributed by atoms with Crippen molar-refractivity contribution in [1.82, 2.24) is 4.98 Å². The van der Waals surface area contributed by atoms with Gasteiger partial charge in [-0.05, 0) is 84.1 Å². The molecule has 0 bridgehead atoms. The summed E-state index contributed by atoms with van der Waals surface area (Å²) in [5.74, 6) is 0.593. The zero-order valence-corrected chi connectivity index (χ0v) is 18.1. The summed E-state index contributed by atoms with van der Waals surface area (Å²) in [4.78, 5) is 17.5. The van der Waals surface area contributed by atoms with Crippen molar-refractivity contribution in [1.29, 1.82) is 0 Å². The van der Waals surface area contributed by atoms with Crippen molar-refractivity contribution < 1.29 is 9.53 Å². The molecule has 1 N–H and O–H groups in total. The average Bonchev–Trinajstić information content (AvgIpc) is 3.14. The Morgan fingerprint density at radius 1 is 1.11 bits per heavy atom. The van der Waals surface area contributed by atoms with Crippen molar-refractivity contribution in [2.75, 3.05) is 11.9 Å². The molecule has 4 rings (SSSR count). The van der Waals surface area contributed by atoms with Crippen LogP contribution in [-0.2, 0) is 0 Å². The van der Waals surface area contributed by atoms with Crippen molar-refractivity contribution in [3.8, 4) is 16.3 Å². The SMILES string of the molecule is CCOc1ccc(C(=O)Nc2ccc(I)cc2-c2nc3ccccc3s2)cc1. The molecule has 0 atom stereocenters. The van der Waals surface area contributed by atoms with Gasteiger partial charge >= 0.3 is 0 Å². The molecule has 0 fully saturated rings. The van der Waals surface area contributed by atoms with Crippen LogP contribution < -0.4 is 10.1 Å². The van der Waals surface area contributed by atoms with Gasteiger partial charge in [-0.3, -0.25) is 4.79 Å². The van der Waals surface area contributed by atoms with E-state index in [9.17, 15) is 4.79 Å². The highest BCUT2D eigenvalue weighted by atomic mass is 127. The normalized spacial score (nSPS) is 10.8. The second kappa shape index (κ2) is 8.28. The molecule has 140 valence electrons. The minimum atomic E-state index is -0.161. The van der Waals surface area contributed by atoms with E-state index >= 15 is 0 Å². The number of amides is 1. The molecule has 0 spiro atoms. The summed E-state index contributed by atoms with van der Waals surface area (Å²) < 4.78 is 7.65. The quantitative estimate of drug-likeness (QED) is 0.331. The Labute approximate surface area is 180 Å². The van der Waals surface area contributed by atoms with E-state index in [2.05, 4.69) is 34.0 Å². The van der Waals surface area contributed by atoms with Crippen LogP contribution in [0.2, 0.25) is 0 Å². The maximum Gasteiger partial charge on any atom is 0.255 e. The minimum absolute atomic E-state index is 0.161. The molecule has 0 saturated carbocycles. The number of para-hydroxylation sites is 1. The van der Waals surface area contributed by atoms with Crippen molar-refractivity contribution in [2.24, 2.45) is 0 Å². The highest BCUT2D eigenvalue weighted by Crippen LogP contribution is 2.35. The molecule has 3 aromatic carbocycles. The van der Waals surface area contributed by atoms with E-state index in [0.29, 0.717) is 12.2 Å². The van der Waals surface area contributed by atoms with Crippen molar-refractivity contribution in [2.45, 2.75) is 6.92 Å². The van der Waals surface area contributed by atoms with Crippen LogP contribution in [-0.4, -0.2) is 17.5 Å². The molecule has 4 nitrogen and oxygen atoms in total. The number of halogens is 1. The van der Waals surface area contributed by atoms with E-state index in [-0.39, 0.29) is 5.91 Å². The fourth-order valence-corrected chi connectivity index (χ4v) is 4.34. The lowest BCUT2D eigenvalue weighted by Gasteiger charge is -2.11. The molecule has 4 aromatic rings. The average molecular weight is 500 g/mol. The van der Waals surface area contributed by atoms with Gasteiger partial charge < -0.3 is 10.1 Å². The number of carbonyl (C=O) groups is 1. The summed E-state index contributed by atoms with van der Waals surface area (Å²) in [6, 6.07) is 21.1. The maximum atomic E-state index is 12.8. The van der Waals surface area contributed by atoms with E-state index in [4.69, 9.17) is 9.72 Å². The molecule has 0 saturated heterocycles. The topological polar surface area (TPSA) is 51.2 Å². The molecule has 0 aliphatic heterocycles. The highest BCUT2D eigenvalue weighted by molar-refractivity contribution is 14.1. The van der Waals surface area contributed by atoms with Gasteiger partial charge in [0.2, 0.25) is 0 Å². The Balaban J connectivity index is 1.65. The number of hydrogen-bond acceptors (Lipinski definition) is 4. The van der Waals surface area contributed by atoms with Crippen LogP contribution in [0, 0.1) is 3.57 Å². The van der Waals surface area contributed by atoms with Crippen molar-refractivity contribution in [3.63, 3.8) is 0 Å². The molecule has 1 amide bonds. The number of ether oxygens (including phenoxy) is 1. The van der Waals surface area contributed by atoms with E-state index < -0.39 is 0 Å². The summed E-state index contributed by atoms with van der Waals surface area (Å²) in [5, 5.41) is 3.92. The van der Waals surface area contributed by atoms with E-state index in [1.54, 1.807) is 35.6 Å². The van der Waals surface area contributed by atoms with Crippen LogP contribution in [0.5, 0.6) is 5.75 Å². The first kappa shape index (κ1) is 18.9. The third kappa shape index (κ3) is 4.02. The van der Waals surface area contributed by atoms with Crippen LogP contribution in [0.15, 0.2) is 66.7 Å². The number of anilines is 1. The summed E-state index contributed by atoms with van der Waals surface area (Å²) in [5.41, 5.74) is 3.22. The number of aromatic nitrogens is 1. The van der Waals surface area contributed by atoms with Gasteiger partial charge in [-0.1, -0.05) is 12.1 Å². The lowest BCUT2D eigenvalue weighted by molar-refractivity contribution is 0.102. The Bertz CT molecular complexity index is 1110. The van der Waals surface area contributed by atoms with Crippen molar-refractivity contribution in [3.05, 3.63) is 75.9 Å². The van der Waals surface area contributed by atoms with Gasteiger partial charge in [0.1, 0.15) is 10.8 Å². The molecule has 1 aromatic heterocycles. The van der Waals surface area contributed by atoms with Gasteiger partial charge in [-0.2, -0.15) is 0 Å². The molecule has 1 heterocycles. The number of fused-ring (bicyclic) bond motifs is 1. The van der Waals surface area contributed by atoms with Gasteiger partial charge in [0.05, 0.1) is 22.5 Å². The number of rotatable bonds is 5. The second-order valence-corrected chi connectivity index (χ2v) is 8.36. The van der Waals surface area contributed by atoms with Gasteiger partial charge in [0.25, 0.3) is 5.91 Å². The first-order valence-corrected chi connectivity index (χ1v) is 10.7. The number of hydrogen-bond donors (Lipinski definition) is 1. The number of nitrogens with zero attached hydrogens (tertiary/aromatic N) is 1. The van der Waals surface area contributed by atoms with Crippen LogP contribution >= 0.6 is 33.9 Å². The molecule has 28 heavy (non-hydrogen) atoms. The lowest BCUT2D eigenvalue weighted by Crippen LogP contribution is -2.12. The van der Waals surface area contributed by atoms with Crippen LogP contribution in [0.3, 0.4) is 0 Å². The lowest BCUT2D eigenvalue weighted by atomic mass is 10.1. The first-order chi connectivity index (χ1) is 13.6. The van der Waals surface area contributed by atoms with Crippen LogP contribution in [0.4, 0.5) is 5.69 Å². The molecule has 0 unspecified atom stereocenters. The molecular weight excluding hydrogens is 483 g/mol. The number of benzene rings is 3. The molecular formula is C22H17IN2O2S. The number of nitrogens with one attached hydrogen (secondary N) is 1. The summed E-state index contributed by atoms with van der Waals surface area (Å²) in [6.07, 6.45) is 0. The van der Waals surface area contributed by atoms with Crippen LogP contribution in [0.1, 0.15) is 17.3 Å². The number of thiazole rings is 1. The summed E-state index contributed by atoms with van der Waals surface area (Å²) >= 11 is 3.90. The van der Waals surface area contributed by atoms with Gasteiger partial charge in [-0.15, -0.1) is 11.3 Å². The van der Waals surface area contributed by atoms with Crippen molar-refractivity contribution >= 4 is 55.7 Å². The zero-order chi connectivity index (χ0) is 19.5. The maximum absolute atomic E-state index is 12.8. The minimum Gasteiger partial charge on any atom is -0.494 e. The van der Waals surface area contributed by atoms with Gasteiger partial charge in [0, 0.05) is 14.7 Å². The fraction of sp³-hybridized carbons (Fsp3) is 0.0909. The molecule has 6 heteroatoms. The Kier molecular flexibility index (Phi) is 5.59. The predicted molar refractivity (Wildman–Crippen MR) is 123 cm³/mol. The number of carbonyl (C=O) groups excluding carboxylic acids is 1. The Morgan fingerprint density at radius 3 is 2.64 bits per heavy atom. The van der Waals surface area contributed by atoms with E-state index in [1.807, 2.05) is 43.3 Å². The Morgan fingerprint density at radius 2 is 1.89 bits per heavy atom. The monoisotopic (exact) mass is 500 g/mol.